The van der Waals surface area contributed by atoms with E-state index in [0.717, 1.165) is 18.4 Å². The second-order valence-electron chi connectivity index (χ2n) is 4.61. The minimum atomic E-state index is -0.825. The molecule has 1 fully saturated rings. The van der Waals surface area contributed by atoms with Crippen LogP contribution in [0.1, 0.15) is 24.8 Å². The Morgan fingerprint density at radius 2 is 1.76 bits per heavy atom. The Bertz CT molecular complexity index is 411. The zero-order valence-corrected chi connectivity index (χ0v) is 9.63. The number of Topliss-reactive ketones (excluding diaryl/α,β-unsaturated/α-hetero) is 1. The topological polar surface area (TPSA) is 54.4 Å². The van der Waals surface area contributed by atoms with Gasteiger partial charge in [-0.25, -0.2) is 0 Å². The smallest absolute Gasteiger partial charge is 0.307 e. The van der Waals surface area contributed by atoms with Gasteiger partial charge in [0.2, 0.25) is 0 Å². The number of carboxylic acids is 1. The Kier molecular flexibility index (Phi) is 3.57. The van der Waals surface area contributed by atoms with Gasteiger partial charge in [0, 0.05) is 12.3 Å². The molecule has 3 heteroatoms. The lowest BCUT2D eigenvalue weighted by atomic mass is 9.89. The molecule has 0 spiro atoms. The largest absolute Gasteiger partial charge is 0.481 e. The lowest BCUT2D eigenvalue weighted by molar-refractivity contribution is -0.145. The third kappa shape index (κ3) is 2.73. The fourth-order valence-corrected chi connectivity index (χ4v) is 2.57. The van der Waals surface area contributed by atoms with Crippen LogP contribution in [0.15, 0.2) is 30.3 Å². The first-order valence-corrected chi connectivity index (χ1v) is 5.98. The Labute approximate surface area is 100 Å². The maximum atomic E-state index is 12.1. The van der Waals surface area contributed by atoms with E-state index in [0.29, 0.717) is 12.8 Å². The predicted molar refractivity (Wildman–Crippen MR) is 63.6 cm³/mol. The van der Waals surface area contributed by atoms with Gasteiger partial charge in [-0.2, -0.15) is 0 Å². The molecule has 2 rings (SSSR count). The molecule has 1 saturated carbocycles. The first kappa shape index (κ1) is 11.8. The Morgan fingerprint density at radius 1 is 1.12 bits per heavy atom. The molecule has 0 amide bonds. The van der Waals surface area contributed by atoms with Gasteiger partial charge < -0.3 is 5.11 Å². The molecular weight excluding hydrogens is 216 g/mol. The van der Waals surface area contributed by atoms with Gasteiger partial charge in [-0.1, -0.05) is 36.8 Å². The van der Waals surface area contributed by atoms with Crippen molar-refractivity contribution >= 4 is 11.8 Å². The Hall–Kier alpha value is -1.64. The fourth-order valence-electron chi connectivity index (χ4n) is 2.57. The maximum Gasteiger partial charge on any atom is 0.307 e. The summed E-state index contributed by atoms with van der Waals surface area (Å²) in [6, 6.07) is 9.51. The molecule has 2 atom stereocenters. The Balaban J connectivity index is 2.03. The summed E-state index contributed by atoms with van der Waals surface area (Å²) in [4.78, 5) is 23.1. The lowest BCUT2D eigenvalue weighted by Crippen LogP contribution is -2.26. The van der Waals surface area contributed by atoms with Crippen LogP contribution in [0.5, 0.6) is 0 Å². The van der Waals surface area contributed by atoms with Crippen LogP contribution in [-0.2, 0) is 16.0 Å². The van der Waals surface area contributed by atoms with Crippen LogP contribution in [0.2, 0.25) is 0 Å². The highest BCUT2D eigenvalue weighted by molar-refractivity contribution is 5.88. The fraction of sp³-hybridized carbons (Fsp3) is 0.429. The zero-order valence-electron chi connectivity index (χ0n) is 9.63. The van der Waals surface area contributed by atoms with Crippen LogP contribution in [0.25, 0.3) is 0 Å². The van der Waals surface area contributed by atoms with Crippen molar-refractivity contribution in [3.63, 3.8) is 0 Å². The Morgan fingerprint density at radius 3 is 2.41 bits per heavy atom. The third-order valence-electron chi connectivity index (χ3n) is 3.47. The summed E-state index contributed by atoms with van der Waals surface area (Å²) in [6.07, 6.45) is 2.57. The van der Waals surface area contributed by atoms with Crippen molar-refractivity contribution < 1.29 is 14.7 Å². The molecule has 3 nitrogen and oxygen atoms in total. The van der Waals surface area contributed by atoms with Gasteiger partial charge in [-0.05, 0) is 18.4 Å². The minimum Gasteiger partial charge on any atom is -0.481 e. The molecule has 0 bridgehead atoms. The number of aliphatic carboxylic acids is 1. The molecular formula is C14H16O3. The first-order valence-electron chi connectivity index (χ1n) is 5.98. The van der Waals surface area contributed by atoms with Crippen LogP contribution in [0.4, 0.5) is 0 Å². The normalized spacial score (nSPS) is 23.5. The molecule has 1 N–H and O–H groups in total. The molecule has 17 heavy (non-hydrogen) atoms. The highest BCUT2D eigenvalue weighted by atomic mass is 16.4. The molecule has 0 saturated heterocycles. The van der Waals surface area contributed by atoms with E-state index in [2.05, 4.69) is 0 Å². The zero-order chi connectivity index (χ0) is 12.3. The van der Waals surface area contributed by atoms with Crippen molar-refractivity contribution in [2.75, 3.05) is 0 Å². The van der Waals surface area contributed by atoms with Gasteiger partial charge in [0.15, 0.2) is 0 Å². The number of hydrogen-bond acceptors (Lipinski definition) is 2. The number of carbonyl (C=O) groups is 2. The number of benzene rings is 1. The quantitative estimate of drug-likeness (QED) is 0.866. The minimum absolute atomic E-state index is 0.0705. The molecule has 1 aromatic carbocycles. The second-order valence-corrected chi connectivity index (χ2v) is 4.61. The van der Waals surface area contributed by atoms with Crippen molar-refractivity contribution in [2.24, 2.45) is 11.8 Å². The molecule has 1 aliphatic carbocycles. The molecule has 1 aromatic rings. The summed E-state index contributed by atoms with van der Waals surface area (Å²) in [7, 11) is 0. The summed E-state index contributed by atoms with van der Waals surface area (Å²) in [6.45, 7) is 0. The molecule has 0 aromatic heterocycles. The van der Waals surface area contributed by atoms with Gasteiger partial charge in [-0.3, -0.25) is 9.59 Å². The van der Waals surface area contributed by atoms with Crippen molar-refractivity contribution in [3.8, 4) is 0 Å². The number of ketones is 1. The summed E-state index contributed by atoms with van der Waals surface area (Å²) in [5.74, 6) is -1.51. The summed E-state index contributed by atoms with van der Waals surface area (Å²) >= 11 is 0. The van der Waals surface area contributed by atoms with Crippen LogP contribution in [0, 0.1) is 11.8 Å². The summed E-state index contributed by atoms with van der Waals surface area (Å²) in [5.41, 5.74) is 0.966. The maximum absolute atomic E-state index is 12.1. The van der Waals surface area contributed by atoms with E-state index in [1.165, 1.54) is 0 Å². The molecule has 90 valence electrons. The van der Waals surface area contributed by atoms with E-state index in [1.54, 1.807) is 0 Å². The van der Waals surface area contributed by atoms with Crippen molar-refractivity contribution in [1.82, 2.24) is 0 Å². The third-order valence-corrected chi connectivity index (χ3v) is 3.47. The SMILES string of the molecule is O=C(O)[C@@H]1CCC[C@H]1C(=O)Cc1ccccc1. The van der Waals surface area contributed by atoms with Crippen molar-refractivity contribution in [2.45, 2.75) is 25.7 Å². The number of rotatable bonds is 4. The molecule has 1 aliphatic rings. The standard InChI is InChI=1S/C14H16O3/c15-13(9-10-5-2-1-3-6-10)11-7-4-8-12(11)14(16)17/h1-3,5-6,11-12H,4,7-9H2,(H,16,17)/t11-,12-/m1/s1. The van der Waals surface area contributed by atoms with E-state index in [9.17, 15) is 9.59 Å². The summed E-state index contributed by atoms with van der Waals surface area (Å²) in [5, 5.41) is 9.05. The molecule has 0 radical (unpaired) electrons. The van der Waals surface area contributed by atoms with E-state index in [1.807, 2.05) is 30.3 Å². The van der Waals surface area contributed by atoms with Crippen LogP contribution in [0.3, 0.4) is 0 Å². The van der Waals surface area contributed by atoms with E-state index < -0.39 is 11.9 Å². The number of hydrogen-bond donors (Lipinski definition) is 1. The second kappa shape index (κ2) is 5.13. The van der Waals surface area contributed by atoms with E-state index >= 15 is 0 Å². The van der Waals surface area contributed by atoms with Crippen LogP contribution < -0.4 is 0 Å². The number of carbonyl (C=O) groups excluding carboxylic acids is 1. The van der Waals surface area contributed by atoms with Gasteiger partial charge >= 0.3 is 5.97 Å². The van der Waals surface area contributed by atoms with Gasteiger partial charge in [0.1, 0.15) is 5.78 Å². The van der Waals surface area contributed by atoms with Gasteiger partial charge in [0.25, 0.3) is 0 Å². The van der Waals surface area contributed by atoms with E-state index in [4.69, 9.17) is 5.11 Å². The van der Waals surface area contributed by atoms with Crippen LogP contribution >= 0.6 is 0 Å². The van der Waals surface area contributed by atoms with E-state index in [-0.39, 0.29) is 11.7 Å². The van der Waals surface area contributed by atoms with Crippen molar-refractivity contribution in [1.29, 1.82) is 0 Å². The average Bonchev–Trinajstić information content (AvgIpc) is 2.79. The number of carboxylic acid groups (broad SMARTS) is 1. The van der Waals surface area contributed by atoms with Gasteiger partial charge in [-0.15, -0.1) is 0 Å². The van der Waals surface area contributed by atoms with Crippen molar-refractivity contribution in [3.05, 3.63) is 35.9 Å². The highest BCUT2D eigenvalue weighted by Gasteiger charge is 2.37. The molecule has 0 aliphatic heterocycles. The monoisotopic (exact) mass is 232 g/mol. The highest BCUT2D eigenvalue weighted by Crippen LogP contribution is 2.33. The van der Waals surface area contributed by atoms with Gasteiger partial charge in [0.05, 0.1) is 5.92 Å². The lowest BCUT2D eigenvalue weighted by Gasteiger charge is -2.14. The summed E-state index contributed by atoms with van der Waals surface area (Å²) < 4.78 is 0. The molecule has 0 heterocycles. The predicted octanol–water partition coefficient (Wildman–Crippen LogP) is 2.30. The molecule has 0 unspecified atom stereocenters. The average molecular weight is 232 g/mol. The van der Waals surface area contributed by atoms with Crippen LogP contribution in [-0.4, -0.2) is 16.9 Å². The first-order chi connectivity index (χ1) is 8.18.